The summed E-state index contributed by atoms with van der Waals surface area (Å²) in [6.45, 7) is 1.50. The molecule has 6 heteroatoms. The lowest BCUT2D eigenvalue weighted by Crippen LogP contribution is -2.41. The predicted octanol–water partition coefficient (Wildman–Crippen LogP) is 3.93. The Bertz CT molecular complexity index is 644. The molecule has 0 saturated heterocycles. The summed E-state index contributed by atoms with van der Waals surface area (Å²) in [6, 6.07) is 18.5. The van der Waals surface area contributed by atoms with E-state index in [0.717, 1.165) is 24.1 Å². The van der Waals surface area contributed by atoms with E-state index < -0.39 is 0 Å². The molecule has 0 aliphatic heterocycles. The lowest BCUT2D eigenvalue weighted by Gasteiger charge is -2.26. The fourth-order valence-electron chi connectivity index (χ4n) is 2.48. The van der Waals surface area contributed by atoms with Gasteiger partial charge in [-0.3, -0.25) is 4.99 Å². The van der Waals surface area contributed by atoms with E-state index >= 15 is 0 Å². The van der Waals surface area contributed by atoms with E-state index in [0.29, 0.717) is 0 Å². The van der Waals surface area contributed by atoms with Gasteiger partial charge < -0.3 is 15.5 Å². The second-order valence-electron chi connectivity index (χ2n) is 5.82. The zero-order valence-electron chi connectivity index (χ0n) is 14.9. The number of benzene rings is 2. The predicted molar refractivity (Wildman–Crippen MR) is 118 cm³/mol. The average molecular weight is 473 g/mol. The van der Waals surface area contributed by atoms with Crippen LogP contribution in [-0.2, 0) is 6.54 Å². The lowest BCUT2D eigenvalue weighted by atomic mass is 10.1. The van der Waals surface area contributed by atoms with Gasteiger partial charge in [0.15, 0.2) is 5.96 Å². The molecule has 0 aliphatic carbocycles. The molecule has 0 saturated carbocycles. The van der Waals surface area contributed by atoms with Crippen molar-refractivity contribution < 1.29 is 0 Å². The molecule has 0 bridgehead atoms. The Morgan fingerprint density at radius 1 is 1.04 bits per heavy atom. The molecule has 2 rings (SSSR count). The Kier molecular flexibility index (Phi) is 9.85. The number of nitrogens with zero attached hydrogens (tertiary/aromatic N) is 2. The highest BCUT2D eigenvalue weighted by Crippen LogP contribution is 2.19. The van der Waals surface area contributed by atoms with Gasteiger partial charge in [0.1, 0.15) is 0 Å². The molecular formula is C19H26ClIN4. The van der Waals surface area contributed by atoms with E-state index in [2.05, 4.69) is 58.9 Å². The van der Waals surface area contributed by atoms with E-state index in [1.165, 1.54) is 11.1 Å². The van der Waals surface area contributed by atoms with Crippen molar-refractivity contribution in [1.29, 1.82) is 0 Å². The maximum atomic E-state index is 5.99. The largest absolute Gasteiger partial charge is 0.354 e. The van der Waals surface area contributed by atoms with Crippen LogP contribution in [-0.4, -0.2) is 38.5 Å². The fraction of sp³-hybridized carbons (Fsp3) is 0.316. The lowest BCUT2D eigenvalue weighted by molar-refractivity contribution is 0.298. The van der Waals surface area contributed by atoms with Crippen molar-refractivity contribution in [2.45, 2.75) is 12.6 Å². The number of hydrogen-bond acceptors (Lipinski definition) is 2. The summed E-state index contributed by atoms with van der Waals surface area (Å²) >= 11 is 5.99. The molecule has 1 unspecified atom stereocenters. The minimum atomic E-state index is 0. The molecule has 0 radical (unpaired) electrons. The molecule has 1 atom stereocenters. The first kappa shape index (κ1) is 21.7. The molecule has 2 aromatic rings. The van der Waals surface area contributed by atoms with Gasteiger partial charge in [0.25, 0.3) is 0 Å². The highest BCUT2D eigenvalue weighted by atomic mass is 127. The number of likely N-dealkylation sites (N-methyl/N-ethyl adjacent to an activating group) is 1. The zero-order chi connectivity index (χ0) is 17.4. The number of halogens is 2. The summed E-state index contributed by atoms with van der Waals surface area (Å²) in [5.41, 5.74) is 2.44. The number of hydrogen-bond donors (Lipinski definition) is 2. The van der Waals surface area contributed by atoms with Crippen molar-refractivity contribution in [2.75, 3.05) is 27.7 Å². The quantitative estimate of drug-likeness (QED) is 0.380. The maximum absolute atomic E-state index is 5.99. The van der Waals surface area contributed by atoms with Crippen molar-refractivity contribution in [2.24, 2.45) is 4.99 Å². The van der Waals surface area contributed by atoms with Crippen LogP contribution in [0.4, 0.5) is 0 Å². The van der Waals surface area contributed by atoms with Gasteiger partial charge >= 0.3 is 0 Å². The van der Waals surface area contributed by atoms with Crippen LogP contribution in [0.3, 0.4) is 0 Å². The molecule has 25 heavy (non-hydrogen) atoms. The first-order valence-corrected chi connectivity index (χ1v) is 8.38. The average Bonchev–Trinajstić information content (AvgIpc) is 2.60. The van der Waals surface area contributed by atoms with Crippen LogP contribution >= 0.6 is 35.6 Å². The van der Waals surface area contributed by atoms with Crippen molar-refractivity contribution in [3.05, 3.63) is 70.7 Å². The van der Waals surface area contributed by atoms with E-state index in [-0.39, 0.29) is 30.0 Å². The molecule has 136 valence electrons. The summed E-state index contributed by atoms with van der Waals surface area (Å²) in [5.74, 6) is 0.791. The number of rotatable bonds is 6. The Balaban J connectivity index is 0.00000312. The number of guanidine groups is 1. The van der Waals surface area contributed by atoms with Gasteiger partial charge in [0.05, 0.1) is 6.04 Å². The molecule has 0 heterocycles. The summed E-state index contributed by atoms with van der Waals surface area (Å²) < 4.78 is 0. The summed E-state index contributed by atoms with van der Waals surface area (Å²) in [5, 5.41) is 7.49. The van der Waals surface area contributed by atoms with Gasteiger partial charge in [-0.15, -0.1) is 24.0 Å². The summed E-state index contributed by atoms with van der Waals surface area (Å²) in [6.07, 6.45) is 0. The van der Waals surface area contributed by atoms with Gasteiger partial charge in [-0.25, -0.2) is 0 Å². The molecule has 0 aromatic heterocycles. The fourth-order valence-corrected chi connectivity index (χ4v) is 2.61. The molecule has 2 N–H and O–H groups in total. The van der Waals surface area contributed by atoms with E-state index in [1.54, 1.807) is 7.05 Å². The highest BCUT2D eigenvalue weighted by molar-refractivity contribution is 14.0. The van der Waals surface area contributed by atoms with Gasteiger partial charge in [0.2, 0.25) is 0 Å². The molecule has 0 aliphatic rings. The van der Waals surface area contributed by atoms with E-state index in [9.17, 15) is 0 Å². The SMILES string of the molecule is CN=C(NCc1ccccc1)NCC(c1ccc(Cl)cc1)N(C)C.I. The standard InChI is InChI=1S/C19H25ClN4.HI/c1-21-19(22-13-15-7-5-4-6-8-15)23-14-18(24(2)3)16-9-11-17(20)12-10-16;/h4-12,18H,13-14H2,1-3H3,(H2,21,22,23);1H. The van der Waals surface area contributed by atoms with Crippen LogP contribution < -0.4 is 10.6 Å². The second-order valence-corrected chi connectivity index (χ2v) is 6.26. The Morgan fingerprint density at radius 3 is 2.24 bits per heavy atom. The van der Waals surface area contributed by atoms with Crippen LogP contribution in [0.1, 0.15) is 17.2 Å². The Morgan fingerprint density at radius 2 is 1.68 bits per heavy atom. The van der Waals surface area contributed by atoms with Crippen molar-refractivity contribution in [3.63, 3.8) is 0 Å². The minimum Gasteiger partial charge on any atom is -0.354 e. The minimum absolute atomic E-state index is 0. The molecule has 0 amide bonds. The van der Waals surface area contributed by atoms with E-state index in [1.807, 2.05) is 30.3 Å². The van der Waals surface area contributed by atoms with Crippen molar-refractivity contribution >= 4 is 41.5 Å². The van der Waals surface area contributed by atoms with Crippen LogP contribution in [0.25, 0.3) is 0 Å². The van der Waals surface area contributed by atoms with Crippen molar-refractivity contribution in [1.82, 2.24) is 15.5 Å². The zero-order valence-corrected chi connectivity index (χ0v) is 18.0. The Hall–Kier alpha value is -1.31. The third-order valence-electron chi connectivity index (χ3n) is 3.87. The van der Waals surface area contributed by atoms with Crippen LogP contribution in [0.2, 0.25) is 5.02 Å². The first-order chi connectivity index (χ1) is 11.6. The van der Waals surface area contributed by atoms with Crippen molar-refractivity contribution in [3.8, 4) is 0 Å². The van der Waals surface area contributed by atoms with Gasteiger partial charge in [-0.1, -0.05) is 54.1 Å². The number of aliphatic imine (C=N–C) groups is 1. The smallest absolute Gasteiger partial charge is 0.191 e. The van der Waals surface area contributed by atoms with Gasteiger partial charge in [-0.05, 0) is 37.4 Å². The second kappa shape index (κ2) is 11.3. The third kappa shape index (κ3) is 7.22. The molecule has 0 spiro atoms. The van der Waals surface area contributed by atoms with Crippen LogP contribution in [0.5, 0.6) is 0 Å². The first-order valence-electron chi connectivity index (χ1n) is 8.00. The Labute approximate surface area is 172 Å². The van der Waals surface area contributed by atoms with Crippen LogP contribution in [0, 0.1) is 0 Å². The summed E-state index contributed by atoms with van der Waals surface area (Å²) in [4.78, 5) is 6.48. The maximum Gasteiger partial charge on any atom is 0.191 e. The third-order valence-corrected chi connectivity index (χ3v) is 4.12. The molecule has 4 nitrogen and oxygen atoms in total. The molecule has 2 aromatic carbocycles. The number of nitrogens with one attached hydrogen (secondary N) is 2. The monoisotopic (exact) mass is 472 g/mol. The topological polar surface area (TPSA) is 39.7 Å². The molecular weight excluding hydrogens is 447 g/mol. The van der Waals surface area contributed by atoms with Gasteiger partial charge in [0, 0.05) is 25.2 Å². The highest BCUT2D eigenvalue weighted by Gasteiger charge is 2.14. The van der Waals surface area contributed by atoms with E-state index in [4.69, 9.17) is 11.6 Å². The summed E-state index contributed by atoms with van der Waals surface area (Å²) in [7, 11) is 5.93. The molecule has 0 fully saturated rings. The van der Waals surface area contributed by atoms with Gasteiger partial charge in [-0.2, -0.15) is 0 Å². The normalized spacial score (nSPS) is 12.4. The van der Waals surface area contributed by atoms with Crippen LogP contribution in [0.15, 0.2) is 59.6 Å².